The van der Waals surface area contributed by atoms with Crippen molar-refractivity contribution >= 4 is 43.6 Å². The molecule has 4 nitrogen and oxygen atoms in total. The Balaban J connectivity index is 1.23. The molecule has 12 aromatic rings. The van der Waals surface area contributed by atoms with Crippen molar-refractivity contribution in [2.45, 2.75) is 0 Å². The van der Waals surface area contributed by atoms with E-state index in [0.717, 1.165) is 83.8 Å². The lowest BCUT2D eigenvalue weighted by molar-refractivity contribution is 1.14. The zero-order chi connectivity index (χ0) is 41.0. The van der Waals surface area contributed by atoms with Crippen molar-refractivity contribution in [1.82, 2.24) is 19.1 Å². The van der Waals surface area contributed by atoms with E-state index in [1.54, 1.807) is 0 Å². The van der Waals surface area contributed by atoms with Crippen LogP contribution in [0.15, 0.2) is 231 Å². The molecule has 4 heteroatoms. The van der Waals surface area contributed by atoms with E-state index in [-0.39, 0.29) is 0 Å². The summed E-state index contributed by atoms with van der Waals surface area (Å²) in [6, 6.07) is 82.1. The van der Waals surface area contributed by atoms with Crippen LogP contribution in [0.25, 0.3) is 111 Å². The number of rotatable bonds is 7. The van der Waals surface area contributed by atoms with Crippen LogP contribution < -0.4 is 0 Å². The molecule has 3 heterocycles. The Kier molecular flexibility index (Phi) is 8.46. The number of hydrogen-bond donors (Lipinski definition) is 0. The van der Waals surface area contributed by atoms with E-state index in [4.69, 9.17) is 9.97 Å². The Morgan fingerprint density at radius 3 is 0.968 bits per heavy atom. The molecule has 0 saturated heterocycles. The minimum Gasteiger partial charge on any atom is -0.309 e. The second-order valence-corrected chi connectivity index (χ2v) is 15.7. The summed E-state index contributed by atoms with van der Waals surface area (Å²) in [7, 11) is 0. The Morgan fingerprint density at radius 1 is 0.274 bits per heavy atom. The van der Waals surface area contributed by atoms with E-state index in [0.29, 0.717) is 5.82 Å². The normalized spacial score (nSPS) is 11.5. The van der Waals surface area contributed by atoms with E-state index >= 15 is 0 Å². The summed E-state index contributed by atoms with van der Waals surface area (Å²) in [6.45, 7) is 0. The molecule has 9 aromatic carbocycles. The lowest BCUT2D eigenvalue weighted by Crippen LogP contribution is -2.04. The van der Waals surface area contributed by atoms with Crippen LogP contribution in [0.3, 0.4) is 0 Å². The molecular formula is C58H38N4. The molecule has 0 aliphatic rings. The Bertz CT molecular complexity index is 3300. The number of benzene rings is 9. The van der Waals surface area contributed by atoms with Gasteiger partial charge in [0.05, 0.1) is 44.8 Å². The zero-order valence-electron chi connectivity index (χ0n) is 33.7. The maximum Gasteiger partial charge on any atom is 0.160 e. The van der Waals surface area contributed by atoms with E-state index in [1.165, 1.54) is 21.5 Å². The Labute approximate surface area is 359 Å². The summed E-state index contributed by atoms with van der Waals surface area (Å²) >= 11 is 0. The standard InChI is InChI=1S/C58H38N4/c1-4-20-39(21-5-1)42-30-18-36-54(61-50-32-14-10-26-44(50)45-27-11-15-33-51(45)61)56(42)48-38-49(60-58(59-48)41-24-8-3-9-25-41)57-43(40-22-6-2-7-23-40)31-19-37-55(57)62-52-34-16-12-28-46(52)47-29-13-17-35-53(47)62/h1-38H. The molecule has 0 N–H and O–H groups in total. The first-order valence-corrected chi connectivity index (χ1v) is 21.1. The molecule has 0 spiro atoms. The predicted molar refractivity (Wildman–Crippen MR) is 258 cm³/mol. The summed E-state index contributed by atoms with van der Waals surface area (Å²) in [5.41, 5.74) is 15.7. The highest BCUT2D eigenvalue weighted by molar-refractivity contribution is 6.11. The number of hydrogen-bond acceptors (Lipinski definition) is 2. The van der Waals surface area contributed by atoms with Crippen LogP contribution in [-0.2, 0) is 0 Å². The van der Waals surface area contributed by atoms with Crippen molar-refractivity contribution in [2.24, 2.45) is 0 Å². The van der Waals surface area contributed by atoms with Gasteiger partial charge in [-0.3, -0.25) is 0 Å². The summed E-state index contributed by atoms with van der Waals surface area (Å²) in [5, 5.41) is 4.83. The van der Waals surface area contributed by atoms with Gasteiger partial charge in [-0.25, -0.2) is 9.97 Å². The lowest BCUT2D eigenvalue weighted by Gasteiger charge is -2.21. The number of aromatic nitrogens is 4. The Hall–Kier alpha value is -8.34. The molecule has 0 radical (unpaired) electrons. The molecule has 0 aliphatic heterocycles. The van der Waals surface area contributed by atoms with Gasteiger partial charge in [0.15, 0.2) is 5.82 Å². The number of nitrogens with zero attached hydrogens (tertiary/aromatic N) is 4. The highest BCUT2D eigenvalue weighted by Gasteiger charge is 2.25. The monoisotopic (exact) mass is 790 g/mol. The fourth-order valence-electron chi connectivity index (χ4n) is 9.49. The third kappa shape index (κ3) is 5.76. The fraction of sp³-hybridized carbons (Fsp3) is 0. The average Bonchev–Trinajstić information content (AvgIpc) is 3.87. The topological polar surface area (TPSA) is 35.6 Å². The molecule has 62 heavy (non-hydrogen) atoms. The molecule has 0 saturated carbocycles. The highest BCUT2D eigenvalue weighted by Crippen LogP contribution is 2.45. The third-order valence-corrected chi connectivity index (χ3v) is 12.2. The third-order valence-electron chi connectivity index (χ3n) is 12.2. The lowest BCUT2D eigenvalue weighted by atomic mass is 9.92. The molecule has 12 rings (SSSR count). The van der Waals surface area contributed by atoms with Gasteiger partial charge >= 0.3 is 0 Å². The van der Waals surface area contributed by atoms with Gasteiger partial charge < -0.3 is 9.13 Å². The van der Waals surface area contributed by atoms with Crippen LogP contribution in [0.1, 0.15) is 0 Å². The van der Waals surface area contributed by atoms with Gasteiger partial charge in [-0.1, -0.05) is 188 Å². The van der Waals surface area contributed by atoms with Gasteiger partial charge in [0.1, 0.15) is 0 Å². The van der Waals surface area contributed by atoms with Gasteiger partial charge in [0.2, 0.25) is 0 Å². The van der Waals surface area contributed by atoms with Crippen LogP contribution in [0, 0.1) is 0 Å². The maximum absolute atomic E-state index is 5.58. The SMILES string of the molecule is c1ccc(-c2nc(-c3c(-c4ccccc4)cccc3-n3c4ccccc4c4ccccc43)cc(-c3c(-c4ccccc4)cccc3-n3c4ccccc4c4ccccc43)n2)cc1. The van der Waals surface area contributed by atoms with Crippen molar-refractivity contribution in [3.63, 3.8) is 0 Å². The molecule has 0 unspecified atom stereocenters. The van der Waals surface area contributed by atoms with Gasteiger partial charge in [0.25, 0.3) is 0 Å². The fourth-order valence-corrected chi connectivity index (χ4v) is 9.49. The molecule has 290 valence electrons. The molecule has 0 aliphatic carbocycles. The second-order valence-electron chi connectivity index (χ2n) is 15.7. The van der Waals surface area contributed by atoms with Crippen LogP contribution in [0.4, 0.5) is 0 Å². The molecule has 0 fully saturated rings. The predicted octanol–water partition coefficient (Wildman–Crippen LogP) is 15.0. The van der Waals surface area contributed by atoms with Crippen molar-refractivity contribution in [1.29, 1.82) is 0 Å². The van der Waals surface area contributed by atoms with Crippen LogP contribution in [0.5, 0.6) is 0 Å². The molecule has 0 bridgehead atoms. The summed E-state index contributed by atoms with van der Waals surface area (Å²) in [6.07, 6.45) is 0. The summed E-state index contributed by atoms with van der Waals surface area (Å²) in [4.78, 5) is 11.2. The number of para-hydroxylation sites is 4. The van der Waals surface area contributed by atoms with Gasteiger partial charge in [-0.15, -0.1) is 0 Å². The van der Waals surface area contributed by atoms with E-state index in [2.05, 4.69) is 234 Å². The van der Waals surface area contributed by atoms with Gasteiger partial charge in [-0.2, -0.15) is 0 Å². The molecule has 3 aromatic heterocycles. The van der Waals surface area contributed by atoms with Crippen LogP contribution in [-0.4, -0.2) is 19.1 Å². The van der Waals surface area contributed by atoms with Gasteiger partial charge in [-0.05, 0) is 64.7 Å². The average molecular weight is 791 g/mol. The van der Waals surface area contributed by atoms with Crippen molar-refractivity contribution < 1.29 is 0 Å². The first-order valence-electron chi connectivity index (χ1n) is 21.1. The first kappa shape index (κ1) is 35.6. The largest absolute Gasteiger partial charge is 0.309 e. The minimum atomic E-state index is 0.658. The zero-order valence-corrected chi connectivity index (χ0v) is 33.7. The molecular weight excluding hydrogens is 753 g/mol. The van der Waals surface area contributed by atoms with Crippen molar-refractivity contribution in [3.05, 3.63) is 231 Å². The first-order chi connectivity index (χ1) is 30.8. The van der Waals surface area contributed by atoms with Crippen LogP contribution in [0.2, 0.25) is 0 Å². The van der Waals surface area contributed by atoms with Crippen molar-refractivity contribution in [3.8, 4) is 67.5 Å². The summed E-state index contributed by atoms with van der Waals surface area (Å²) < 4.78 is 4.83. The van der Waals surface area contributed by atoms with E-state index in [9.17, 15) is 0 Å². The molecule has 0 atom stereocenters. The maximum atomic E-state index is 5.58. The van der Waals surface area contributed by atoms with E-state index in [1.807, 2.05) is 6.07 Å². The van der Waals surface area contributed by atoms with Gasteiger partial charge in [0, 0.05) is 38.2 Å². The second kappa shape index (κ2) is 14.7. The summed E-state index contributed by atoms with van der Waals surface area (Å²) in [5.74, 6) is 0.658. The highest BCUT2D eigenvalue weighted by atomic mass is 15.0. The minimum absolute atomic E-state index is 0.658. The van der Waals surface area contributed by atoms with Crippen molar-refractivity contribution in [2.75, 3.05) is 0 Å². The smallest absolute Gasteiger partial charge is 0.160 e. The Morgan fingerprint density at radius 2 is 0.597 bits per heavy atom. The molecule has 0 amide bonds. The van der Waals surface area contributed by atoms with E-state index < -0.39 is 0 Å². The van der Waals surface area contributed by atoms with Crippen LogP contribution >= 0.6 is 0 Å². The number of fused-ring (bicyclic) bond motifs is 6. The quantitative estimate of drug-likeness (QED) is 0.161.